The first-order chi connectivity index (χ1) is 16.9. The van der Waals surface area contributed by atoms with Crippen LogP contribution in [0.5, 0.6) is 0 Å². The summed E-state index contributed by atoms with van der Waals surface area (Å²) in [5.74, 6) is 0.733. The van der Waals surface area contributed by atoms with Crippen LogP contribution in [0.3, 0.4) is 0 Å². The van der Waals surface area contributed by atoms with Gasteiger partial charge in [0, 0.05) is 6.42 Å². The van der Waals surface area contributed by atoms with Crippen molar-refractivity contribution >= 4 is 5.97 Å². The third-order valence-electron chi connectivity index (χ3n) is 9.90. The molecule has 0 aromatic rings. The third kappa shape index (κ3) is 5.04. The minimum absolute atomic E-state index is 0.113. The summed E-state index contributed by atoms with van der Waals surface area (Å²) in [5, 5.41) is 31.2. The Balaban J connectivity index is 1.51. The highest BCUT2D eigenvalue weighted by Crippen LogP contribution is 2.69. The van der Waals surface area contributed by atoms with E-state index < -0.39 is 23.7 Å². The van der Waals surface area contributed by atoms with Crippen LogP contribution < -0.4 is 0 Å². The first kappa shape index (κ1) is 27.3. The zero-order chi connectivity index (χ0) is 26.3. The standard InChI is InChI=1S/C31H46O5/c1-6-36-28(35)29(3,4)27(34)13-15-31(16-17-31)26-12-11-24-21(8-7-14-30(24,26)5)9-10-22-18-23(32)19-25(33)20(22)2/h9-10,13,15,23-27,32-34H,2,6-8,11-12,14,16-19H2,1,3-5H3/t23-,24+,25+,26+,27-,30+/m1/s1. The van der Waals surface area contributed by atoms with Gasteiger partial charge in [-0.2, -0.15) is 0 Å². The van der Waals surface area contributed by atoms with Gasteiger partial charge >= 0.3 is 5.97 Å². The molecule has 4 aliphatic carbocycles. The molecular weight excluding hydrogens is 452 g/mol. The van der Waals surface area contributed by atoms with E-state index in [1.807, 2.05) is 6.08 Å². The molecule has 5 heteroatoms. The lowest BCUT2D eigenvalue weighted by Gasteiger charge is -2.45. The normalized spacial score (nSPS) is 37.4. The zero-order valence-electron chi connectivity index (χ0n) is 22.6. The van der Waals surface area contributed by atoms with E-state index in [1.165, 1.54) is 31.3 Å². The zero-order valence-corrected chi connectivity index (χ0v) is 22.6. The van der Waals surface area contributed by atoms with Crippen LogP contribution in [0.4, 0.5) is 0 Å². The Morgan fingerprint density at radius 2 is 1.94 bits per heavy atom. The first-order valence-electron chi connectivity index (χ1n) is 13.9. The van der Waals surface area contributed by atoms with Crippen molar-refractivity contribution in [3.63, 3.8) is 0 Å². The average molecular weight is 499 g/mol. The maximum Gasteiger partial charge on any atom is 0.314 e. The number of ether oxygens (including phenoxy) is 1. The van der Waals surface area contributed by atoms with Gasteiger partial charge in [0.15, 0.2) is 0 Å². The number of hydrogen-bond acceptors (Lipinski definition) is 5. The molecule has 0 amide bonds. The van der Waals surface area contributed by atoms with Gasteiger partial charge in [0.2, 0.25) is 0 Å². The Kier molecular flexibility index (Phi) is 7.77. The molecule has 4 rings (SSSR count). The molecule has 0 bridgehead atoms. The molecule has 6 atom stereocenters. The molecule has 4 aliphatic rings. The molecule has 0 aromatic carbocycles. The van der Waals surface area contributed by atoms with E-state index in [9.17, 15) is 20.1 Å². The van der Waals surface area contributed by atoms with Crippen molar-refractivity contribution in [2.24, 2.45) is 28.1 Å². The summed E-state index contributed by atoms with van der Waals surface area (Å²) < 4.78 is 5.18. The van der Waals surface area contributed by atoms with E-state index in [-0.39, 0.29) is 16.8 Å². The van der Waals surface area contributed by atoms with Crippen LogP contribution in [0.25, 0.3) is 0 Å². The van der Waals surface area contributed by atoms with Gasteiger partial charge < -0.3 is 20.1 Å². The van der Waals surface area contributed by atoms with E-state index in [1.54, 1.807) is 20.8 Å². The van der Waals surface area contributed by atoms with Crippen molar-refractivity contribution in [3.8, 4) is 0 Å². The summed E-state index contributed by atoms with van der Waals surface area (Å²) in [6, 6.07) is 0. The Labute approximate surface area is 217 Å². The highest BCUT2D eigenvalue weighted by molar-refractivity contribution is 5.77. The molecule has 4 fully saturated rings. The van der Waals surface area contributed by atoms with Gasteiger partial charge in [0.25, 0.3) is 0 Å². The fourth-order valence-electron chi connectivity index (χ4n) is 7.39. The number of aliphatic hydroxyl groups excluding tert-OH is 3. The lowest BCUT2D eigenvalue weighted by atomic mass is 9.60. The predicted molar refractivity (Wildman–Crippen MR) is 142 cm³/mol. The minimum atomic E-state index is -0.969. The third-order valence-corrected chi connectivity index (χ3v) is 9.90. The van der Waals surface area contributed by atoms with Gasteiger partial charge in [-0.3, -0.25) is 4.79 Å². The van der Waals surface area contributed by atoms with E-state index >= 15 is 0 Å². The molecule has 36 heavy (non-hydrogen) atoms. The van der Waals surface area contributed by atoms with Crippen LogP contribution >= 0.6 is 0 Å². The molecular formula is C31H46O5. The van der Waals surface area contributed by atoms with E-state index in [0.717, 1.165) is 30.4 Å². The summed E-state index contributed by atoms with van der Waals surface area (Å²) >= 11 is 0. The van der Waals surface area contributed by atoms with Gasteiger partial charge in [0.1, 0.15) is 0 Å². The summed E-state index contributed by atoms with van der Waals surface area (Å²) in [5.41, 5.74) is 2.56. The number of hydrogen-bond donors (Lipinski definition) is 3. The molecule has 0 spiro atoms. The molecule has 0 heterocycles. The highest BCUT2D eigenvalue weighted by Gasteiger charge is 2.60. The van der Waals surface area contributed by atoms with Crippen LogP contribution in [0.2, 0.25) is 0 Å². The number of esters is 1. The summed E-state index contributed by atoms with van der Waals surface area (Å²) in [6.07, 6.45) is 15.5. The molecule has 0 saturated heterocycles. The number of aliphatic hydroxyl groups is 3. The molecule has 0 aliphatic heterocycles. The molecule has 0 radical (unpaired) electrons. The summed E-state index contributed by atoms with van der Waals surface area (Å²) in [6.45, 7) is 12.1. The van der Waals surface area contributed by atoms with Crippen LogP contribution in [0, 0.1) is 28.1 Å². The van der Waals surface area contributed by atoms with E-state index in [4.69, 9.17) is 4.74 Å². The summed E-state index contributed by atoms with van der Waals surface area (Å²) in [4.78, 5) is 12.3. The Morgan fingerprint density at radius 3 is 2.61 bits per heavy atom. The molecule has 5 nitrogen and oxygen atoms in total. The van der Waals surface area contributed by atoms with Gasteiger partial charge in [-0.1, -0.05) is 43.4 Å². The second kappa shape index (κ2) is 10.2. The number of carbonyl (C=O) groups is 1. The van der Waals surface area contributed by atoms with Crippen molar-refractivity contribution in [3.05, 3.63) is 47.6 Å². The molecule has 200 valence electrons. The number of rotatable bonds is 7. The van der Waals surface area contributed by atoms with Crippen LogP contribution in [0.15, 0.2) is 47.6 Å². The number of allylic oxidation sites excluding steroid dienone is 4. The molecule has 0 aromatic heterocycles. The van der Waals surface area contributed by atoms with Gasteiger partial charge in [-0.05, 0) is 106 Å². The monoisotopic (exact) mass is 498 g/mol. The van der Waals surface area contributed by atoms with E-state index in [0.29, 0.717) is 31.3 Å². The van der Waals surface area contributed by atoms with Crippen molar-refractivity contribution in [1.29, 1.82) is 0 Å². The SMILES string of the molecule is C=C1C(=CC=C2CCC[C@]3(C)[C@@H](C4(C=C[C@@H](O)C(C)(C)C(=O)OCC)CC4)CC[C@@H]23)C[C@@H](O)C[C@@H]1O. The predicted octanol–water partition coefficient (Wildman–Crippen LogP) is 5.41. The van der Waals surface area contributed by atoms with Crippen molar-refractivity contribution in [2.75, 3.05) is 6.61 Å². The van der Waals surface area contributed by atoms with Crippen LogP contribution in [-0.4, -0.2) is 46.2 Å². The highest BCUT2D eigenvalue weighted by atomic mass is 16.5. The Morgan fingerprint density at radius 1 is 1.22 bits per heavy atom. The second-order valence-corrected chi connectivity index (χ2v) is 12.6. The minimum Gasteiger partial charge on any atom is -0.465 e. The lowest BCUT2D eigenvalue weighted by molar-refractivity contribution is -0.158. The van der Waals surface area contributed by atoms with Gasteiger partial charge in [-0.25, -0.2) is 0 Å². The van der Waals surface area contributed by atoms with Crippen LogP contribution in [0.1, 0.15) is 85.5 Å². The van der Waals surface area contributed by atoms with Crippen molar-refractivity contribution < 1.29 is 24.9 Å². The number of carbonyl (C=O) groups excluding carboxylic acids is 1. The Bertz CT molecular complexity index is 952. The maximum atomic E-state index is 12.3. The molecule has 0 unspecified atom stereocenters. The summed E-state index contributed by atoms with van der Waals surface area (Å²) in [7, 11) is 0. The Hall–Kier alpha value is -1.69. The second-order valence-electron chi connectivity index (χ2n) is 12.6. The first-order valence-corrected chi connectivity index (χ1v) is 13.9. The van der Waals surface area contributed by atoms with Crippen molar-refractivity contribution in [2.45, 2.75) is 104 Å². The van der Waals surface area contributed by atoms with Crippen molar-refractivity contribution in [1.82, 2.24) is 0 Å². The quantitative estimate of drug-likeness (QED) is 0.323. The fourth-order valence-corrected chi connectivity index (χ4v) is 7.39. The van der Waals surface area contributed by atoms with Crippen LogP contribution in [-0.2, 0) is 9.53 Å². The average Bonchev–Trinajstić information content (AvgIpc) is 3.52. The lowest BCUT2D eigenvalue weighted by Crippen LogP contribution is -2.38. The molecule has 3 N–H and O–H groups in total. The fraction of sp³-hybridized carbons (Fsp3) is 0.710. The molecule has 4 saturated carbocycles. The number of fused-ring (bicyclic) bond motifs is 1. The van der Waals surface area contributed by atoms with Gasteiger partial charge in [-0.15, -0.1) is 0 Å². The maximum absolute atomic E-state index is 12.3. The van der Waals surface area contributed by atoms with Gasteiger partial charge in [0.05, 0.1) is 30.3 Å². The smallest absolute Gasteiger partial charge is 0.314 e. The largest absolute Gasteiger partial charge is 0.465 e. The van der Waals surface area contributed by atoms with E-state index in [2.05, 4.69) is 31.7 Å². The topological polar surface area (TPSA) is 87.0 Å².